The normalized spacial score (nSPS) is 39.6. The van der Waals surface area contributed by atoms with Crippen molar-refractivity contribution in [2.45, 2.75) is 37.4 Å². The van der Waals surface area contributed by atoms with Crippen LogP contribution in [-0.4, -0.2) is 18.1 Å². The van der Waals surface area contributed by atoms with Gasteiger partial charge in [-0.2, -0.15) is 0 Å². The summed E-state index contributed by atoms with van der Waals surface area (Å²) in [6, 6.07) is -0.681. The molecular formula is C6H10F3N. The van der Waals surface area contributed by atoms with E-state index >= 15 is 0 Å². The maximum atomic E-state index is 12.5. The van der Waals surface area contributed by atoms with Crippen molar-refractivity contribution in [3.8, 4) is 0 Å². The molecule has 0 heterocycles. The first-order chi connectivity index (χ1) is 4.51. The van der Waals surface area contributed by atoms with Crippen LogP contribution in [0.2, 0.25) is 0 Å². The highest BCUT2D eigenvalue weighted by Crippen LogP contribution is 2.33. The minimum absolute atomic E-state index is 0.0914. The Morgan fingerprint density at radius 2 is 2.00 bits per heavy atom. The van der Waals surface area contributed by atoms with Gasteiger partial charge in [-0.1, -0.05) is 0 Å². The molecule has 1 fully saturated rings. The highest BCUT2D eigenvalue weighted by atomic mass is 19.3. The second-order valence-corrected chi connectivity index (χ2v) is 2.78. The first-order valence-electron chi connectivity index (χ1n) is 3.29. The maximum Gasteiger partial charge on any atom is 0.251 e. The summed E-state index contributed by atoms with van der Waals surface area (Å²) >= 11 is 0. The number of alkyl halides is 3. The SMILES string of the molecule is N[C@H]1CCC(F)(F)C[C@H]1F. The highest BCUT2D eigenvalue weighted by molar-refractivity contribution is 4.86. The fourth-order valence-corrected chi connectivity index (χ4v) is 1.10. The van der Waals surface area contributed by atoms with Crippen LogP contribution < -0.4 is 5.73 Å². The number of hydrogen-bond acceptors (Lipinski definition) is 1. The van der Waals surface area contributed by atoms with E-state index in [1.807, 2.05) is 0 Å². The lowest BCUT2D eigenvalue weighted by molar-refractivity contribution is -0.0635. The van der Waals surface area contributed by atoms with E-state index in [9.17, 15) is 13.2 Å². The summed E-state index contributed by atoms with van der Waals surface area (Å²) in [7, 11) is 0. The molecule has 0 aromatic carbocycles. The van der Waals surface area contributed by atoms with Crippen molar-refractivity contribution in [1.82, 2.24) is 0 Å². The molecule has 0 radical (unpaired) electrons. The summed E-state index contributed by atoms with van der Waals surface area (Å²) in [5, 5.41) is 0. The molecule has 0 saturated heterocycles. The van der Waals surface area contributed by atoms with Crippen LogP contribution in [0.15, 0.2) is 0 Å². The van der Waals surface area contributed by atoms with E-state index in [0.29, 0.717) is 0 Å². The van der Waals surface area contributed by atoms with E-state index < -0.39 is 24.6 Å². The fraction of sp³-hybridized carbons (Fsp3) is 1.00. The van der Waals surface area contributed by atoms with Gasteiger partial charge in [-0.3, -0.25) is 0 Å². The van der Waals surface area contributed by atoms with E-state index in [1.54, 1.807) is 0 Å². The molecule has 2 N–H and O–H groups in total. The average Bonchev–Trinajstić information content (AvgIpc) is 1.79. The lowest BCUT2D eigenvalue weighted by Gasteiger charge is -2.28. The standard InChI is InChI=1S/C6H10F3N/c7-4-3-6(8,9)2-1-5(4)10/h4-5H,1-3,10H2/t4-,5+/m1/s1. The number of nitrogens with two attached hydrogens (primary N) is 1. The zero-order valence-corrected chi connectivity index (χ0v) is 5.49. The van der Waals surface area contributed by atoms with Crippen molar-refractivity contribution in [3.05, 3.63) is 0 Å². The third kappa shape index (κ3) is 1.62. The van der Waals surface area contributed by atoms with Gasteiger partial charge in [0.05, 0.1) is 0 Å². The first kappa shape index (κ1) is 7.85. The number of hydrogen-bond donors (Lipinski definition) is 1. The second kappa shape index (κ2) is 2.42. The van der Waals surface area contributed by atoms with Crippen molar-refractivity contribution < 1.29 is 13.2 Å². The van der Waals surface area contributed by atoms with Crippen LogP contribution in [0.25, 0.3) is 0 Å². The summed E-state index contributed by atoms with van der Waals surface area (Å²) in [6.07, 6.45) is -2.40. The van der Waals surface area contributed by atoms with Crippen molar-refractivity contribution in [2.24, 2.45) is 5.73 Å². The van der Waals surface area contributed by atoms with Crippen LogP contribution in [0, 0.1) is 0 Å². The van der Waals surface area contributed by atoms with Gasteiger partial charge in [0, 0.05) is 18.9 Å². The van der Waals surface area contributed by atoms with E-state index in [2.05, 4.69) is 0 Å². The van der Waals surface area contributed by atoms with E-state index in [0.717, 1.165) is 0 Å². The predicted octanol–water partition coefficient (Wildman–Crippen LogP) is 1.47. The second-order valence-electron chi connectivity index (χ2n) is 2.78. The molecule has 1 nitrogen and oxygen atoms in total. The van der Waals surface area contributed by atoms with Gasteiger partial charge < -0.3 is 5.73 Å². The van der Waals surface area contributed by atoms with Gasteiger partial charge in [-0.25, -0.2) is 13.2 Å². The summed E-state index contributed by atoms with van der Waals surface area (Å²) in [4.78, 5) is 0. The Hall–Kier alpha value is -0.250. The lowest BCUT2D eigenvalue weighted by atomic mass is 9.91. The molecule has 0 aromatic rings. The molecule has 0 unspecified atom stereocenters. The summed E-state index contributed by atoms with van der Waals surface area (Å²) in [5.74, 6) is -2.82. The topological polar surface area (TPSA) is 26.0 Å². The van der Waals surface area contributed by atoms with Gasteiger partial charge >= 0.3 is 0 Å². The molecule has 10 heavy (non-hydrogen) atoms. The van der Waals surface area contributed by atoms with Crippen LogP contribution in [0.1, 0.15) is 19.3 Å². The Morgan fingerprint density at radius 1 is 1.40 bits per heavy atom. The third-order valence-corrected chi connectivity index (χ3v) is 1.80. The molecule has 0 spiro atoms. The molecule has 0 aromatic heterocycles. The van der Waals surface area contributed by atoms with Crippen LogP contribution in [-0.2, 0) is 0 Å². The summed E-state index contributed by atoms with van der Waals surface area (Å²) in [5.41, 5.74) is 5.19. The Morgan fingerprint density at radius 3 is 2.40 bits per heavy atom. The monoisotopic (exact) mass is 153 g/mol. The Balaban J connectivity index is 2.49. The number of rotatable bonds is 0. The van der Waals surface area contributed by atoms with Gasteiger partial charge in [0.2, 0.25) is 0 Å². The molecule has 4 heteroatoms. The van der Waals surface area contributed by atoms with Crippen LogP contribution in [0.4, 0.5) is 13.2 Å². The molecule has 1 aliphatic carbocycles. The third-order valence-electron chi connectivity index (χ3n) is 1.80. The van der Waals surface area contributed by atoms with Gasteiger partial charge in [0.15, 0.2) is 0 Å². The largest absolute Gasteiger partial charge is 0.325 e. The lowest BCUT2D eigenvalue weighted by Crippen LogP contribution is -2.42. The Bertz CT molecular complexity index is 126. The van der Waals surface area contributed by atoms with Crippen molar-refractivity contribution in [3.63, 3.8) is 0 Å². The van der Waals surface area contributed by atoms with Gasteiger partial charge in [-0.15, -0.1) is 0 Å². The van der Waals surface area contributed by atoms with Crippen molar-refractivity contribution in [1.29, 1.82) is 0 Å². The first-order valence-corrected chi connectivity index (χ1v) is 3.29. The fourth-order valence-electron chi connectivity index (χ4n) is 1.10. The number of halogens is 3. The summed E-state index contributed by atoms with van der Waals surface area (Å²) in [6.45, 7) is 0. The Kier molecular flexibility index (Phi) is 1.90. The van der Waals surface area contributed by atoms with Crippen molar-refractivity contribution >= 4 is 0 Å². The predicted molar refractivity (Wildman–Crippen MR) is 31.7 cm³/mol. The van der Waals surface area contributed by atoms with E-state index in [4.69, 9.17) is 5.73 Å². The summed E-state index contributed by atoms with van der Waals surface area (Å²) < 4.78 is 37.1. The zero-order valence-electron chi connectivity index (χ0n) is 5.49. The van der Waals surface area contributed by atoms with Crippen LogP contribution in [0.5, 0.6) is 0 Å². The Labute approximate surface area is 57.4 Å². The molecular weight excluding hydrogens is 143 g/mol. The molecule has 0 aliphatic heterocycles. The molecule has 0 amide bonds. The van der Waals surface area contributed by atoms with Crippen molar-refractivity contribution in [2.75, 3.05) is 0 Å². The molecule has 2 atom stereocenters. The minimum Gasteiger partial charge on any atom is -0.325 e. The highest BCUT2D eigenvalue weighted by Gasteiger charge is 2.40. The van der Waals surface area contributed by atoms with Gasteiger partial charge in [-0.05, 0) is 6.42 Å². The smallest absolute Gasteiger partial charge is 0.251 e. The molecule has 1 aliphatic rings. The zero-order chi connectivity index (χ0) is 7.78. The van der Waals surface area contributed by atoms with E-state index in [1.165, 1.54) is 0 Å². The quantitative estimate of drug-likeness (QED) is 0.560. The minimum atomic E-state index is -2.82. The van der Waals surface area contributed by atoms with E-state index in [-0.39, 0.29) is 12.8 Å². The average molecular weight is 153 g/mol. The van der Waals surface area contributed by atoms with Gasteiger partial charge in [0.1, 0.15) is 6.17 Å². The molecule has 1 rings (SSSR count). The maximum absolute atomic E-state index is 12.5. The molecule has 60 valence electrons. The van der Waals surface area contributed by atoms with Crippen LogP contribution in [0.3, 0.4) is 0 Å². The molecule has 0 bridgehead atoms. The van der Waals surface area contributed by atoms with Gasteiger partial charge in [0.25, 0.3) is 5.92 Å². The molecule has 1 saturated carbocycles. The van der Waals surface area contributed by atoms with Crippen LogP contribution >= 0.6 is 0 Å².